The zero-order valence-corrected chi connectivity index (χ0v) is 18.7. The highest BCUT2D eigenvalue weighted by atomic mass is 16.7. The summed E-state index contributed by atoms with van der Waals surface area (Å²) in [5.41, 5.74) is 2.12. The summed E-state index contributed by atoms with van der Waals surface area (Å²) in [6.45, 7) is 5.91. The van der Waals surface area contributed by atoms with E-state index in [0.29, 0.717) is 37.5 Å². The number of nitrogens with zero attached hydrogens (tertiary/aromatic N) is 1. The van der Waals surface area contributed by atoms with Crippen molar-refractivity contribution in [1.82, 2.24) is 4.90 Å². The number of fused-ring (bicyclic) bond motifs is 4. The molecule has 6 heteroatoms. The maximum absolute atomic E-state index is 11.7. The van der Waals surface area contributed by atoms with Crippen LogP contribution in [0.1, 0.15) is 52.4 Å². The molecule has 3 N–H and O–H groups in total. The van der Waals surface area contributed by atoms with Crippen molar-refractivity contribution in [2.24, 2.45) is 17.3 Å². The monoisotopic (exact) mass is 419 g/mol. The van der Waals surface area contributed by atoms with Crippen molar-refractivity contribution in [2.45, 2.75) is 82.0 Å². The predicted octanol–water partition coefficient (Wildman–Crippen LogP) is 1.99. The molecule has 1 saturated heterocycles. The first kappa shape index (κ1) is 21.1. The Bertz CT molecular complexity index is 784. The molecule has 4 aliphatic carbocycles. The molecule has 1 heterocycles. The number of aliphatic hydroxyl groups is 3. The first-order valence-corrected chi connectivity index (χ1v) is 11.6. The highest BCUT2D eigenvalue weighted by molar-refractivity contribution is 5.44. The fourth-order valence-electron chi connectivity index (χ4n) is 7.52. The van der Waals surface area contributed by atoms with Crippen LogP contribution in [0, 0.1) is 17.3 Å². The van der Waals surface area contributed by atoms with Crippen LogP contribution in [-0.4, -0.2) is 77.2 Å². The second-order valence-electron chi connectivity index (χ2n) is 10.8. The van der Waals surface area contributed by atoms with E-state index >= 15 is 0 Å². The van der Waals surface area contributed by atoms with Crippen LogP contribution in [0.5, 0.6) is 0 Å². The molecule has 1 spiro atoms. The van der Waals surface area contributed by atoms with E-state index in [9.17, 15) is 15.3 Å². The Morgan fingerprint density at radius 1 is 1.10 bits per heavy atom. The Morgan fingerprint density at radius 3 is 2.47 bits per heavy atom. The fraction of sp³-hybridized carbons (Fsp3) is 0.833. The summed E-state index contributed by atoms with van der Waals surface area (Å²) >= 11 is 0. The average Bonchev–Trinajstić information content (AvgIpc) is 3.23. The molecule has 168 valence electrons. The second-order valence-corrected chi connectivity index (χ2v) is 10.8. The number of likely N-dealkylation sites (N-methyl/N-ethyl adjacent to an activating group) is 1. The SMILES string of the molecule is CC1C[C@@]2(C)[C@@H](CCC23OCCO3)C2=C1C=C1[C@@H](O)[C@H](O)[C@@H](N(C)C)C[C@]1(O)CC2. The molecule has 1 aliphatic heterocycles. The summed E-state index contributed by atoms with van der Waals surface area (Å²) in [6.07, 6.45) is 4.88. The highest BCUT2D eigenvalue weighted by Gasteiger charge is 2.64. The van der Waals surface area contributed by atoms with Gasteiger partial charge in [0.2, 0.25) is 0 Å². The molecule has 0 aromatic heterocycles. The predicted molar refractivity (Wildman–Crippen MR) is 113 cm³/mol. The minimum absolute atomic E-state index is 0.0668. The van der Waals surface area contributed by atoms with E-state index in [4.69, 9.17) is 9.47 Å². The molecule has 5 rings (SSSR count). The minimum atomic E-state index is -1.09. The van der Waals surface area contributed by atoms with Gasteiger partial charge in [0.25, 0.3) is 0 Å². The summed E-state index contributed by atoms with van der Waals surface area (Å²) in [5.74, 6) is 0.183. The Morgan fingerprint density at radius 2 is 1.80 bits per heavy atom. The molecule has 0 aromatic rings. The lowest BCUT2D eigenvalue weighted by Gasteiger charge is -2.48. The van der Waals surface area contributed by atoms with Crippen LogP contribution >= 0.6 is 0 Å². The van der Waals surface area contributed by atoms with Gasteiger partial charge in [-0.15, -0.1) is 0 Å². The van der Waals surface area contributed by atoms with Gasteiger partial charge in [-0.1, -0.05) is 25.5 Å². The quantitative estimate of drug-likeness (QED) is 0.603. The summed E-state index contributed by atoms with van der Waals surface area (Å²) in [7, 11) is 3.79. The molecule has 6 nitrogen and oxygen atoms in total. The van der Waals surface area contributed by atoms with Crippen molar-refractivity contribution in [3.05, 3.63) is 22.8 Å². The summed E-state index contributed by atoms with van der Waals surface area (Å²) in [4.78, 5) is 1.91. The van der Waals surface area contributed by atoms with Crippen molar-refractivity contribution in [3.63, 3.8) is 0 Å². The molecule has 2 saturated carbocycles. The van der Waals surface area contributed by atoms with E-state index in [0.717, 1.165) is 25.7 Å². The first-order chi connectivity index (χ1) is 14.1. The third-order valence-corrected chi connectivity index (χ3v) is 9.11. The van der Waals surface area contributed by atoms with Crippen LogP contribution in [0.4, 0.5) is 0 Å². The third-order valence-electron chi connectivity index (χ3n) is 9.11. The number of ether oxygens (including phenoxy) is 2. The van der Waals surface area contributed by atoms with E-state index in [-0.39, 0.29) is 17.4 Å². The van der Waals surface area contributed by atoms with Gasteiger partial charge in [0.1, 0.15) is 6.10 Å². The molecule has 5 aliphatic rings. The van der Waals surface area contributed by atoms with Gasteiger partial charge < -0.3 is 29.7 Å². The van der Waals surface area contributed by atoms with Gasteiger partial charge in [-0.25, -0.2) is 0 Å². The van der Waals surface area contributed by atoms with Crippen molar-refractivity contribution < 1.29 is 24.8 Å². The number of rotatable bonds is 1. The zero-order chi connectivity index (χ0) is 21.5. The molecule has 0 amide bonds. The van der Waals surface area contributed by atoms with Crippen LogP contribution in [-0.2, 0) is 9.47 Å². The van der Waals surface area contributed by atoms with Crippen LogP contribution in [0.15, 0.2) is 22.8 Å². The van der Waals surface area contributed by atoms with Gasteiger partial charge in [-0.3, -0.25) is 0 Å². The summed E-state index contributed by atoms with van der Waals surface area (Å²) < 4.78 is 12.5. The van der Waals surface area contributed by atoms with Crippen LogP contribution in [0.2, 0.25) is 0 Å². The maximum Gasteiger partial charge on any atom is 0.174 e. The van der Waals surface area contributed by atoms with Crippen molar-refractivity contribution in [1.29, 1.82) is 0 Å². The Hall–Kier alpha value is -0.760. The topological polar surface area (TPSA) is 82.4 Å². The number of hydrogen-bond donors (Lipinski definition) is 3. The van der Waals surface area contributed by atoms with E-state index < -0.39 is 23.6 Å². The van der Waals surface area contributed by atoms with E-state index in [2.05, 4.69) is 13.8 Å². The number of hydrogen-bond acceptors (Lipinski definition) is 6. The summed E-state index contributed by atoms with van der Waals surface area (Å²) in [5, 5.41) is 33.4. The minimum Gasteiger partial charge on any atom is -0.388 e. The number of allylic oxidation sites excluding steroid dienone is 3. The van der Waals surface area contributed by atoms with E-state index in [1.807, 2.05) is 25.1 Å². The highest BCUT2D eigenvalue weighted by Crippen LogP contribution is 2.64. The fourth-order valence-corrected chi connectivity index (χ4v) is 7.52. The Labute approximate surface area is 179 Å². The molecule has 0 aromatic carbocycles. The molecule has 0 radical (unpaired) electrons. The number of aliphatic hydroxyl groups excluding tert-OH is 2. The molecule has 30 heavy (non-hydrogen) atoms. The third kappa shape index (κ3) is 2.71. The van der Waals surface area contributed by atoms with Gasteiger partial charge in [0, 0.05) is 17.9 Å². The first-order valence-electron chi connectivity index (χ1n) is 11.6. The van der Waals surface area contributed by atoms with Gasteiger partial charge in [-0.05, 0) is 69.2 Å². The molecular formula is C24H37NO5. The van der Waals surface area contributed by atoms with Crippen molar-refractivity contribution >= 4 is 0 Å². The smallest absolute Gasteiger partial charge is 0.174 e. The Kier molecular flexibility index (Phi) is 4.83. The van der Waals surface area contributed by atoms with Crippen LogP contribution in [0.3, 0.4) is 0 Å². The lowest BCUT2D eigenvalue weighted by molar-refractivity contribution is -0.228. The maximum atomic E-state index is 11.7. The molecule has 3 fully saturated rings. The second kappa shape index (κ2) is 6.87. The lowest BCUT2D eigenvalue weighted by Crippen LogP contribution is -2.58. The standard InChI is InChI=1S/C24H37NO5/c1-14-12-22(2)17(6-8-24(22)29-9-10-30-24)15-5-7-23(28)13-19(25(3)4)21(27)20(26)18(23)11-16(14)15/h11,14,17,19-21,26-28H,5-10,12-13H2,1-4H3/t14?,17-,19-,20+,21+,22-,23+/m0/s1. The van der Waals surface area contributed by atoms with Gasteiger partial charge >= 0.3 is 0 Å². The van der Waals surface area contributed by atoms with Crippen molar-refractivity contribution in [2.75, 3.05) is 27.3 Å². The average molecular weight is 420 g/mol. The van der Waals surface area contributed by atoms with Gasteiger partial charge in [-0.2, -0.15) is 0 Å². The van der Waals surface area contributed by atoms with E-state index in [1.54, 1.807) is 0 Å². The van der Waals surface area contributed by atoms with Crippen LogP contribution in [0.25, 0.3) is 0 Å². The van der Waals surface area contributed by atoms with Crippen LogP contribution < -0.4 is 0 Å². The largest absolute Gasteiger partial charge is 0.388 e. The summed E-state index contributed by atoms with van der Waals surface area (Å²) in [6, 6.07) is -0.269. The van der Waals surface area contributed by atoms with E-state index in [1.165, 1.54) is 11.1 Å². The normalized spacial score (nSPS) is 47.7. The molecular weight excluding hydrogens is 382 g/mol. The molecule has 0 bridgehead atoms. The van der Waals surface area contributed by atoms with Crippen molar-refractivity contribution in [3.8, 4) is 0 Å². The lowest BCUT2D eigenvalue weighted by atomic mass is 9.61. The van der Waals surface area contributed by atoms with Gasteiger partial charge in [0.05, 0.1) is 24.9 Å². The molecule has 7 atom stereocenters. The Balaban J connectivity index is 1.55. The van der Waals surface area contributed by atoms with Gasteiger partial charge in [0.15, 0.2) is 5.79 Å². The molecule has 1 unspecified atom stereocenters. The zero-order valence-electron chi connectivity index (χ0n) is 18.7.